The first-order valence-electron chi connectivity index (χ1n) is 9.08. The van der Waals surface area contributed by atoms with E-state index in [1.54, 1.807) is 30.7 Å². The number of pyridine rings is 1. The lowest BCUT2D eigenvalue weighted by atomic mass is 10.2. The number of benzene rings is 1. The molecule has 0 aliphatic heterocycles. The average molecular weight is 364 g/mol. The number of aromatic nitrogens is 1. The number of nitrogens with zero attached hydrogens (tertiary/aromatic N) is 2. The van der Waals surface area contributed by atoms with Crippen molar-refractivity contribution in [3.05, 3.63) is 72.3 Å². The van der Waals surface area contributed by atoms with Crippen molar-refractivity contribution in [1.82, 2.24) is 10.3 Å². The monoisotopic (exact) mass is 364 g/mol. The molecule has 0 aliphatic carbocycles. The Labute approximate surface area is 159 Å². The number of nitrogens with one attached hydrogen (secondary N) is 2. The molecule has 0 bridgehead atoms. The van der Waals surface area contributed by atoms with Crippen LogP contribution < -0.4 is 15.5 Å². The molecular weight excluding hydrogens is 340 g/mol. The zero-order chi connectivity index (χ0) is 19.1. The second-order valence-electron chi connectivity index (χ2n) is 6.04. The molecule has 140 valence electrons. The van der Waals surface area contributed by atoms with E-state index >= 15 is 0 Å². The first-order valence-corrected chi connectivity index (χ1v) is 9.08. The molecule has 2 heterocycles. The molecule has 1 amide bonds. The molecule has 27 heavy (non-hydrogen) atoms. The molecule has 1 aromatic carbocycles. The van der Waals surface area contributed by atoms with Crippen LogP contribution in [0, 0.1) is 0 Å². The van der Waals surface area contributed by atoms with Crippen LogP contribution in [-0.2, 0) is 6.54 Å². The lowest BCUT2D eigenvalue weighted by Gasteiger charge is -2.21. The van der Waals surface area contributed by atoms with Gasteiger partial charge in [0, 0.05) is 36.2 Å². The highest BCUT2D eigenvalue weighted by Crippen LogP contribution is 2.20. The fourth-order valence-electron chi connectivity index (χ4n) is 2.81. The molecule has 0 fully saturated rings. The van der Waals surface area contributed by atoms with Crippen LogP contribution in [0.5, 0.6) is 0 Å². The average Bonchev–Trinajstić information content (AvgIpc) is 3.22. The van der Waals surface area contributed by atoms with Gasteiger partial charge in [0.15, 0.2) is 0 Å². The van der Waals surface area contributed by atoms with Crippen molar-refractivity contribution in [1.29, 1.82) is 0 Å². The van der Waals surface area contributed by atoms with Gasteiger partial charge in [-0.3, -0.25) is 4.79 Å². The Balaban J connectivity index is 1.64. The highest BCUT2D eigenvalue weighted by Gasteiger charge is 2.08. The Hall–Kier alpha value is -3.28. The summed E-state index contributed by atoms with van der Waals surface area (Å²) in [5.41, 5.74) is 2.65. The summed E-state index contributed by atoms with van der Waals surface area (Å²) in [6, 6.07) is 15.2. The molecule has 0 unspecified atom stereocenters. The van der Waals surface area contributed by atoms with E-state index in [1.165, 1.54) is 5.69 Å². The van der Waals surface area contributed by atoms with Crippen LogP contribution in [0.4, 0.5) is 17.2 Å². The Kier molecular flexibility index (Phi) is 6.10. The lowest BCUT2D eigenvalue weighted by Crippen LogP contribution is -2.22. The Bertz CT molecular complexity index is 856. The number of furan rings is 1. The first-order chi connectivity index (χ1) is 13.2. The largest absolute Gasteiger partial charge is 0.467 e. The van der Waals surface area contributed by atoms with Gasteiger partial charge in [-0.2, -0.15) is 0 Å². The van der Waals surface area contributed by atoms with E-state index in [1.807, 2.05) is 18.2 Å². The van der Waals surface area contributed by atoms with E-state index in [-0.39, 0.29) is 5.91 Å². The molecular formula is C21H24N4O2. The highest BCUT2D eigenvalue weighted by molar-refractivity contribution is 5.94. The van der Waals surface area contributed by atoms with Gasteiger partial charge in [-0.15, -0.1) is 0 Å². The maximum atomic E-state index is 12.3. The number of hydrogen-bond acceptors (Lipinski definition) is 5. The molecule has 0 spiro atoms. The Morgan fingerprint density at radius 2 is 1.89 bits per heavy atom. The SMILES string of the molecule is CCN(CC)c1ccc(Nc2cc(C(=O)NCc3ccco3)ccn2)cc1. The summed E-state index contributed by atoms with van der Waals surface area (Å²) < 4.78 is 5.22. The van der Waals surface area contributed by atoms with Crippen LogP contribution in [0.2, 0.25) is 0 Å². The molecule has 0 atom stereocenters. The molecule has 0 saturated carbocycles. The minimum absolute atomic E-state index is 0.172. The second-order valence-corrected chi connectivity index (χ2v) is 6.04. The minimum Gasteiger partial charge on any atom is -0.467 e. The molecule has 6 nitrogen and oxygen atoms in total. The predicted molar refractivity (Wildman–Crippen MR) is 107 cm³/mol. The van der Waals surface area contributed by atoms with Crippen molar-refractivity contribution in [3.63, 3.8) is 0 Å². The van der Waals surface area contributed by atoms with Crippen molar-refractivity contribution in [3.8, 4) is 0 Å². The van der Waals surface area contributed by atoms with Gasteiger partial charge in [0.05, 0.1) is 12.8 Å². The van der Waals surface area contributed by atoms with E-state index in [0.717, 1.165) is 18.8 Å². The number of hydrogen-bond donors (Lipinski definition) is 2. The third-order valence-electron chi connectivity index (χ3n) is 4.29. The predicted octanol–water partition coefficient (Wildman–Crippen LogP) is 4.19. The van der Waals surface area contributed by atoms with Gasteiger partial charge in [0.25, 0.3) is 5.91 Å². The van der Waals surface area contributed by atoms with Gasteiger partial charge >= 0.3 is 0 Å². The van der Waals surface area contributed by atoms with Crippen LogP contribution >= 0.6 is 0 Å². The summed E-state index contributed by atoms with van der Waals surface area (Å²) in [5, 5.41) is 6.07. The van der Waals surface area contributed by atoms with E-state index < -0.39 is 0 Å². The normalized spacial score (nSPS) is 10.4. The van der Waals surface area contributed by atoms with Gasteiger partial charge in [-0.05, 0) is 62.4 Å². The van der Waals surface area contributed by atoms with Crippen molar-refractivity contribution in [2.75, 3.05) is 23.3 Å². The summed E-state index contributed by atoms with van der Waals surface area (Å²) >= 11 is 0. The summed E-state index contributed by atoms with van der Waals surface area (Å²) in [6.07, 6.45) is 3.20. The molecule has 6 heteroatoms. The zero-order valence-electron chi connectivity index (χ0n) is 15.6. The molecule has 2 N–H and O–H groups in total. The number of carbonyl (C=O) groups excluding carboxylic acids is 1. The molecule has 3 aromatic rings. The number of amides is 1. The molecule has 0 radical (unpaired) electrons. The second kappa shape index (κ2) is 8.89. The Morgan fingerprint density at radius 1 is 1.11 bits per heavy atom. The van der Waals surface area contributed by atoms with Crippen LogP contribution in [0.3, 0.4) is 0 Å². The number of carbonyl (C=O) groups is 1. The third kappa shape index (κ3) is 4.88. The maximum absolute atomic E-state index is 12.3. The van der Waals surface area contributed by atoms with Gasteiger partial charge in [-0.1, -0.05) is 0 Å². The number of anilines is 3. The minimum atomic E-state index is -0.172. The van der Waals surface area contributed by atoms with E-state index in [2.05, 4.69) is 46.5 Å². The smallest absolute Gasteiger partial charge is 0.251 e. The lowest BCUT2D eigenvalue weighted by molar-refractivity contribution is 0.0948. The van der Waals surface area contributed by atoms with Crippen molar-refractivity contribution >= 4 is 23.1 Å². The molecule has 0 aliphatic rings. The molecule has 2 aromatic heterocycles. The van der Waals surface area contributed by atoms with Crippen LogP contribution in [0.15, 0.2) is 65.4 Å². The van der Waals surface area contributed by atoms with E-state index in [0.29, 0.717) is 23.7 Å². The zero-order valence-corrected chi connectivity index (χ0v) is 15.6. The van der Waals surface area contributed by atoms with Crippen molar-refractivity contribution in [2.45, 2.75) is 20.4 Å². The van der Waals surface area contributed by atoms with E-state index in [4.69, 9.17) is 4.42 Å². The summed E-state index contributed by atoms with van der Waals surface area (Å²) in [5.74, 6) is 1.16. The molecule has 0 saturated heterocycles. The maximum Gasteiger partial charge on any atom is 0.251 e. The Morgan fingerprint density at radius 3 is 2.56 bits per heavy atom. The highest BCUT2D eigenvalue weighted by atomic mass is 16.3. The van der Waals surface area contributed by atoms with Crippen molar-refractivity contribution < 1.29 is 9.21 Å². The van der Waals surface area contributed by atoms with Crippen LogP contribution in [0.25, 0.3) is 0 Å². The van der Waals surface area contributed by atoms with Gasteiger partial charge < -0.3 is 20.0 Å². The van der Waals surface area contributed by atoms with Crippen LogP contribution in [-0.4, -0.2) is 24.0 Å². The molecule has 3 rings (SSSR count). The number of rotatable bonds is 8. The van der Waals surface area contributed by atoms with Gasteiger partial charge in [0.2, 0.25) is 0 Å². The van der Waals surface area contributed by atoms with E-state index in [9.17, 15) is 4.79 Å². The fraction of sp³-hybridized carbons (Fsp3) is 0.238. The fourth-order valence-corrected chi connectivity index (χ4v) is 2.81. The van der Waals surface area contributed by atoms with Crippen LogP contribution in [0.1, 0.15) is 30.0 Å². The summed E-state index contributed by atoms with van der Waals surface area (Å²) in [7, 11) is 0. The van der Waals surface area contributed by atoms with Gasteiger partial charge in [-0.25, -0.2) is 4.98 Å². The van der Waals surface area contributed by atoms with Crippen molar-refractivity contribution in [2.24, 2.45) is 0 Å². The topological polar surface area (TPSA) is 70.4 Å². The quantitative estimate of drug-likeness (QED) is 0.627. The van der Waals surface area contributed by atoms with Gasteiger partial charge in [0.1, 0.15) is 11.6 Å². The third-order valence-corrected chi connectivity index (χ3v) is 4.29. The first kappa shape index (κ1) is 18.5. The summed E-state index contributed by atoms with van der Waals surface area (Å²) in [6.45, 7) is 6.58. The summed E-state index contributed by atoms with van der Waals surface area (Å²) in [4.78, 5) is 18.9. The standard InChI is InChI=1S/C21H24N4O2/c1-3-25(4-2)18-9-7-17(8-10-18)24-20-14-16(11-12-22-20)21(26)23-15-19-6-5-13-27-19/h5-14H,3-4,15H2,1-2H3,(H,22,24)(H,23,26).